The molecule has 184 valence electrons. The van der Waals surface area contributed by atoms with Gasteiger partial charge in [0.25, 0.3) is 5.91 Å². The zero-order valence-electron chi connectivity index (χ0n) is 20.7. The Bertz CT molecular complexity index is 1520. The summed E-state index contributed by atoms with van der Waals surface area (Å²) in [5.41, 5.74) is 5.28. The molecule has 5 aromatic rings. The second-order valence-corrected chi connectivity index (χ2v) is 9.50. The van der Waals surface area contributed by atoms with Crippen LogP contribution in [0.25, 0.3) is 22.3 Å². The molecule has 1 fully saturated rings. The maximum Gasteiger partial charge on any atom is 0.255 e. The van der Waals surface area contributed by atoms with Crippen molar-refractivity contribution >= 4 is 16.9 Å². The van der Waals surface area contributed by atoms with Crippen molar-refractivity contribution in [2.24, 2.45) is 0 Å². The van der Waals surface area contributed by atoms with Gasteiger partial charge in [0.1, 0.15) is 0 Å². The van der Waals surface area contributed by atoms with Crippen LogP contribution in [0.4, 0.5) is 0 Å². The number of carbonyl (C=O) groups excluding carboxylic acids is 1. The van der Waals surface area contributed by atoms with Crippen LogP contribution < -0.4 is 0 Å². The van der Waals surface area contributed by atoms with Crippen molar-refractivity contribution in [2.75, 3.05) is 26.7 Å². The van der Waals surface area contributed by atoms with Crippen LogP contribution in [-0.2, 0) is 6.54 Å². The van der Waals surface area contributed by atoms with Crippen LogP contribution >= 0.6 is 0 Å². The highest BCUT2D eigenvalue weighted by atomic mass is 16.2. The van der Waals surface area contributed by atoms with Crippen LogP contribution in [0.15, 0.2) is 97.5 Å². The van der Waals surface area contributed by atoms with Gasteiger partial charge in [-0.2, -0.15) is 5.10 Å². The molecule has 0 bridgehead atoms. The van der Waals surface area contributed by atoms with E-state index >= 15 is 0 Å². The van der Waals surface area contributed by atoms with E-state index in [0.29, 0.717) is 24.3 Å². The number of fused-ring (bicyclic) bond motifs is 1. The van der Waals surface area contributed by atoms with E-state index in [0.717, 1.165) is 40.9 Å². The molecule has 3 aromatic heterocycles. The van der Waals surface area contributed by atoms with Crippen molar-refractivity contribution in [3.05, 3.63) is 114 Å². The van der Waals surface area contributed by atoms with E-state index in [-0.39, 0.29) is 11.9 Å². The zero-order valence-corrected chi connectivity index (χ0v) is 20.7. The van der Waals surface area contributed by atoms with E-state index in [1.165, 1.54) is 0 Å². The summed E-state index contributed by atoms with van der Waals surface area (Å²) < 4.78 is 1.87. The number of pyridine rings is 2. The standard InChI is InChI=1S/C30H28N6O/c1-34-16-17-35(28(21-34)24-10-6-3-7-11-24)30(37)25-18-27(23-8-4-2-5-9-23)33-29-26(25)19-32-36(29)20-22-12-14-31-15-13-22/h2-15,18-19,28H,16-17,20-21H2,1H3/t28-/m1/s1. The topological polar surface area (TPSA) is 67.2 Å². The molecule has 37 heavy (non-hydrogen) atoms. The third-order valence-electron chi connectivity index (χ3n) is 7.02. The summed E-state index contributed by atoms with van der Waals surface area (Å²) in [5.74, 6) is 0.00925. The lowest BCUT2D eigenvalue weighted by atomic mass is 10.00. The first-order valence-electron chi connectivity index (χ1n) is 12.5. The predicted molar refractivity (Wildman–Crippen MR) is 144 cm³/mol. The molecule has 4 heterocycles. The first-order valence-corrected chi connectivity index (χ1v) is 12.5. The van der Waals surface area contributed by atoms with E-state index in [2.05, 4.69) is 34.2 Å². The molecule has 1 atom stereocenters. The van der Waals surface area contributed by atoms with E-state index in [9.17, 15) is 4.79 Å². The van der Waals surface area contributed by atoms with Gasteiger partial charge < -0.3 is 9.80 Å². The molecular weight excluding hydrogens is 460 g/mol. The molecule has 0 radical (unpaired) electrons. The maximum atomic E-state index is 14.3. The van der Waals surface area contributed by atoms with Crippen molar-refractivity contribution < 1.29 is 4.79 Å². The van der Waals surface area contributed by atoms with Crippen LogP contribution in [0, 0.1) is 0 Å². The first kappa shape index (κ1) is 23.1. The molecular formula is C30H28N6O. The summed E-state index contributed by atoms with van der Waals surface area (Å²) >= 11 is 0. The van der Waals surface area contributed by atoms with Gasteiger partial charge in [0.15, 0.2) is 5.65 Å². The SMILES string of the molecule is CN1CCN(C(=O)c2cc(-c3ccccc3)nc3c2cnn3Cc2ccncc2)[C@@H](c2ccccc2)C1. The number of hydrogen-bond acceptors (Lipinski definition) is 5. The lowest BCUT2D eigenvalue weighted by Crippen LogP contribution is -2.49. The van der Waals surface area contributed by atoms with Gasteiger partial charge in [-0.3, -0.25) is 9.78 Å². The quantitative estimate of drug-likeness (QED) is 0.360. The number of aromatic nitrogens is 4. The minimum absolute atomic E-state index is 0.00925. The lowest BCUT2D eigenvalue weighted by Gasteiger charge is -2.40. The molecule has 7 nitrogen and oxygen atoms in total. The van der Waals surface area contributed by atoms with Gasteiger partial charge >= 0.3 is 0 Å². The van der Waals surface area contributed by atoms with Crippen molar-refractivity contribution in [1.29, 1.82) is 0 Å². The Morgan fingerprint density at radius 3 is 2.43 bits per heavy atom. The van der Waals surface area contributed by atoms with Crippen molar-refractivity contribution in [3.8, 4) is 11.3 Å². The van der Waals surface area contributed by atoms with Crippen molar-refractivity contribution in [1.82, 2.24) is 29.5 Å². The molecule has 1 amide bonds. The Hall–Kier alpha value is -4.36. The fourth-order valence-corrected chi connectivity index (χ4v) is 5.04. The average molecular weight is 489 g/mol. The number of nitrogens with zero attached hydrogens (tertiary/aromatic N) is 6. The second-order valence-electron chi connectivity index (χ2n) is 9.50. The van der Waals surface area contributed by atoms with Gasteiger partial charge in [0.2, 0.25) is 0 Å². The summed E-state index contributed by atoms with van der Waals surface area (Å²) in [7, 11) is 2.11. The molecule has 7 heteroatoms. The van der Waals surface area contributed by atoms with Gasteiger partial charge in [-0.05, 0) is 36.4 Å². The molecule has 0 unspecified atom stereocenters. The summed E-state index contributed by atoms with van der Waals surface area (Å²) in [6, 6.07) is 26.1. The summed E-state index contributed by atoms with van der Waals surface area (Å²) in [5, 5.41) is 5.43. The highest BCUT2D eigenvalue weighted by molar-refractivity contribution is 6.06. The smallest absolute Gasteiger partial charge is 0.255 e. The number of hydrogen-bond donors (Lipinski definition) is 0. The Kier molecular flexibility index (Phi) is 6.20. The Morgan fingerprint density at radius 1 is 0.946 bits per heavy atom. The minimum atomic E-state index is -0.0253. The number of likely N-dealkylation sites (N-methyl/N-ethyl adjacent to an activating group) is 1. The molecule has 0 aliphatic carbocycles. The maximum absolute atomic E-state index is 14.3. The van der Waals surface area contributed by atoms with Crippen LogP contribution in [-0.4, -0.2) is 62.1 Å². The fourth-order valence-electron chi connectivity index (χ4n) is 5.04. The molecule has 1 saturated heterocycles. The van der Waals surface area contributed by atoms with E-state index in [4.69, 9.17) is 4.98 Å². The molecule has 1 aliphatic rings. The Morgan fingerprint density at radius 2 is 1.68 bits per heavy atom. The highest BCUT2D eigenvalue weighted by Crippen LogP contribution is 2.31. The van der Waals surface area contributed by atoms with Gasteiger partial charge in [-0.15, -0.1) is 0 Å². The second kappa shape index (κ2) is 9.95. The third-order valence-corrected chi connectivity index (χ3v) is 7.02. The average Bonchev–Trinajstić information content (AvgIpc) is 3.36. The van der Waals surface area contributed by atoms with E-state index in [1.54, 1.807) is 18.6 Å². The number of benzene rings is 2. The number of carbonyl (C=O) groups is 1. The van der Waals surface area contributed by atoms with E-state index < -0.39 is 0 Å². The van der Waals surface area contributed by atoms with E-state index in [1.807, 2.05) is 76.3 Å². The van der Waals surface area contributed by atoms with Gasteiger partial charge in [-0.1, -0.05) is 60.7 Å². The Labute approximate surface area is 216 Å². The molecule has 1 aliphatic heterocycles. The highest BCUT2D eigenvalue weighted by Gasteiger charge is 2.32. The van der Waals surface area contributed by atoms with Crippen LogP contribution in [0.3, 0.4) is 0 Å². The van der Waals surface area contributed by atoms with Crippen LogP contribution in [0.1, 0.15) is 27.5 Å². The third kappa shape index (κ3) is 4.61. The predicted octanol–water partition coefficient (Wildman–Crippen LogP) is 4.67. The minimum Gasteiger partial charge on any atom is -0.329 e. The summed E-state index contributed by atoms with van der Waals surface area (Å²) in [4.78, 5) is 27.7. The normalized spacial score (nSPS) is 16.2. The molecule has 6 rings (SSSR count). The molecule has 0 N–H and O–H groups in total. The zero-order chi connectivity index (χ0) is 25.2. The number of amides is 1. The molecule has 0 saturated carbocycles. The van der Waals surface area contributed by atoms with Gasteiger partial charge in [-0.25, -0.2) is 9.67 Å². The van der Waals surface area contributed by atoms with Gasteiger partial charge in [0.05, 0.1) is 35.4 Å². The van der Waals surface area contributed by atoms with Crippen molar-refractivity contribution in [3.63, 3.8) is 0 Å². The monoisotopic (exact) mass is 488 g/mol. The lowest BCUT2D eigenvalue weighted by molar-refractivity contribution is 0.0500. The van der Waals surface area contributed by atoms with Crippen molar-refractivity contribution in [2.45, 2.75) is 12.6 Å². The molecule has 2 aromatic carbocycles. The molecule has 0 spiro atoms. The Balaban J connectivity index is 1.46. The largest absolute Gasteiger partial charge is 0.329 e. The van der Waals surface area contributed by atoms with Crippen LogP contribution in [0.2, 0.25) is 0 Å². The van der Waals surface area contributed by atoms with Gasteiger partial charge in [0, 0.05) is 37.6 Å². The first-order chi connectivity index (χ1) is 18.2. The summed E-state index contributed by atoms with van der Waals surface area (Å²) in [6.45, 7) is 2.82. The number of rotatable bonds is 5. The fraction of sp³-hybridized carbons (Fsp3) is 0.200. The summed E-state index contributed by atoms with van der Waals surface area (Å²) in [6.07, 6.45) is 5.32. The van der Waals surface area contributed by atoms with Crippen LogP contribution in [0.5, 0.6) is 0 Å². The number of piperazine rings is 1.